The molecule has 0 aliphatic carbocycles. The van der Waals surface area contributed by atoms with E-state index in [0.29, 0.717) is 5.82 Å². The van der Waals surface area contributed by atoms with E-state index in [1.165, 1.54) is 20.2 Å². The Morgan fingerprint density at radius 1 is 1.38 bits per heavy atom. The third kappa shape index (κ3) is 4.11. The second-order valence-electron chi connectivity index (χ2n) is 6.27. The van der Waals surface area contributed by atoms with Crippen LogP contribution in [0.15, 0.2) is 31.3 Å². The van der Waals surface area contributed by atoms with Gasteiger partial charge in [0.15, 0.2) is 5.82 Å². The number of fused-ring (bicyclic) bond motifs is 1. The van der Waals surface area contributed by atoms with Gasteiger partial charge in [0.05, 0.1) is 17.2 Å². The van der Waals surface area contributed by atoms with Crippen molar-refractivity contribution in [1.29, 1.82) is 0 Å². The Morgan fingerprint density at radius 2 is 2.10 bits per heavy atom. The van der Waals surface area contributed by atoms with Gasteiger partial charge in [0.25, 0.3) is 5.56 Å². The number of aromatic nitrogens is 5. The monoisotopic (exact) mass is 440 g/mol. The molecule has 11 nitrogen and oxygen atoms in total. The van der Waals surface area contributed by atoms with Gasteiger partial charge < -0.3 is 4.52 Å². The highest BCUT2D eigenvalue weighted by molar-refractivity contribution is 7.99. The molecule has 0 amide bonds. The molecule has 0 radical (unpaired) electrons. The Balaban J connectivity index is 1.90. The van der Waals surface area contributed by atoms with E-state index in [-0.39, 0.29) is 33.6 Å². The molecule has 0 saturated carbocycles. The molecule has 3 aromatic rings. The molecule has 0 aromatic carbocycles. The molecule has 0 bridgehead atoms. The average Bonchev–Trinajstić information content (AvgIpc) is 3.14. The summed E-state index contributed by atoms with van der Waals surface area (Å²) < 4.78 is 33.1. The van der Waals surface area contributed by atoms with E-state index in [9.17, 15) is 18.0 Å². The fraction of sp³-hybridized carbons (Fsp3) is 0.438. The first-order valence-corrected chi connectivity index (χ1v) is 11.1. The Kier molecular flexibility index (Phi) is 5.91. The highest BCUT2D eigenvalue weighted by Crippen LogP contribution is 2.25. The van der Waals surface area contributed by atoms with Crippen molar-refractivity contribution in [2.45, 2.75) is 30.5 Å². The minimum absolute atomic E-state index is 0.00735. The summed E-state index contributed by atoms with van der Waals surface area (Å²) in [6.07, 6.45) is 1.10. The second kappa shape index (κ2) is 8.08. The Morgan fingerprint density at radius 3 is 2.79 bits per heavy atom. The minimum Gasteiger partial charge on any atom is -0.338 e. The molecule has 156 valence electrons. The molecule has 3 rings (SSSR count). The van der Waals surface area contributed by atoms with Crippen LogP contribution in [0.1, 0.15) is 30.8 Å². The lowest BCUT2D eigenvalue weighted by atomic mass is 10.3. The first kappa shape index (κ1) is 21.2. The van der Waals surface area contributed by atoms with Gasteiger partial charge in [0, 0.05) is 20.3 Å². The molecule has 0 saturated heterocycles. The number of hydrogen-bond donors (Lipinski definition) is 1. The topological polar surface area (TPSA) is 144 Å². The van der Waals surface area contributed by atoms with E-state index in [1.807, 2.05) is 13.8 Å². The number of thioether (sulfide) groups is 1. The number of hydrogen-bond acceptors (Lipinski definition) is 9. The lowest BCUT2D eigenvalue weighted by molar-refractivity contribution is 0.334. The number of sulfonamides is 1. The number of nitrogens with zero attached hydrogens (tertiary/aromatic N) is 5. The molecule has 0 aliphatic rings. The number of H-pyrrole nitrogens is 1. The van der Waals surface area contributed by atoms with E-state index in [2.05, 4.69) is 20.1 Å². The van der Waals surface area contributed by atoms with Gasteiger partial charge in [0.2, 0.25) is 15.9 Å². The summed E-state index contributed by atoms with van der Waals surface area (Å²) >= 11 is 1.64. The summed E-state index contributed by atoms with van der Waals surface area (Å²) in [7, 11) is -1.20. The highest BCUT2D eigenvalue weighted by atomic mass is 32.2. The molecular formula is C16H20N6O5S2. The Labute approximate surface area is 170 Å². The SMILES string of the molecule is CCSC(C)c1noc(CN(C)S(=O)(=O)c2cnc3c(c2)c(=O)[nH]c(=O)n3C)n1. The first-order chi connectivity index (χ1) is 13.6. The zero-order valence-corrected chi connectivity index (χ0v) is 17.9. The third-order valence-electron chi connectivity index (χ3n) is 4.26. The maximum Gasteiger partial charge on any atom is 0.329 e. The van der Waals surface area contributed by atoms with E-state index < -0.39 is 21.3 Å². The van der Waals surface area contributed by atoms with Crippen molar-refractivity contribution in [3.05, 3.63) is 44.8 Å². The van der Waals surface area contributed by atoms with Crippen molar-refractivity contribution in [1.82, 2.24) is 29.0 Å². The van der Waals surface area contributed by atoms with Crippen molar-refractivity contribution in [3.63, 3.8) is 0 Å². The van der Waals surface area contributed by atoms with Gasteiger partial charge in [-0.3, -0.25) is 14.3 Å². The molecule has 1 N–H and O–H groups in total. The van der Waals surface area contributed by atoms with Crippen LogP contribution in [0.3, 0.4) is 0 Å². The molecule has 29 heavy (non-hydrogen) atoms. The van der Waals surface area contributed by atoms with Crippen LogP contribution in [0.2, 0.25) is 0 Å². The van der Waals surface area contributed by atoms with Crippen molar-refractivity contribution in [2.75, 3.05) is 12.8 Å². The molecule has 1 atom stereocenters. The fourth-order valence-electron chi connectivity index (χ4n) is 2.64. The van der Waals surface area contributed by atoms with Crippen molar-refractivity contribution in [3.8, 4) is 0 Å². The lowest BCUT2D eigenvalue weighted by Crippen LogP contribution is -2.30. The van der Waals surface area contributed by atoms with Crippen LogP contribution in [0.5, 0.6) is 0 Å². The van der Waals surface area contributed by atoms with Crippen molar-refractivity contribution in [2.24, 2.45) is 7.05 Å². The van der Waals surface area contributed by atoms with Crippen LogP contribution in [-0.4, -0.2) is 50.2 Å². The van der Waals surface area contributed by atoms with Crippen molar-refractivity contribution >= 4 is 32.8 Å². The number of nitrogens with one attached hydrogen (secondary N) is 1. The van der Waals surface area contributed by atoms with Crippen LogP contribution in [-0.2, 0) is 23.6 Å². The summed E-state index contributed by atoms with van der Waals surface area (Å²) in [6, 6.07) is 1.19. The molecular weight excluding hydrogens is 420 g/mol. The minimum atomic E-state index is -3.99. The van der Waals surface area contributed by atoms with E-state index in [1.54, 1.807) is 11.8 Å². The van der Waals surface area contributed by atoms with E-state index in [0.717, 1.165) is 20.8 Å². The van der Waals surface area contributed by atoms with Gasteiger partial charge in [-0.15, -0.1) is 0 Å². The molecule has 3 heterocycles. The zero-order valence-electron chi connectivity index (χ0n) is 16.2. The number of aromatic amines is 1. The van der Waals surface area contributed by atoms with Crippen LogP contribution >= 0.6 is 11.8 Å². The van der Waals surface area contributed by atoms with Crippen LogP contribution in [0.4, 0.5) is 0 Å². The largest absolute Gasteiger partial charge is 0.338 e. The molecule has 13 heteroatoms. The van der Waals surface area contributed by atoms with Gasteiger partial charge in [-0.2, -0.15) is 21.1 Å². The predicted octanol–water partition coefficient (Wildman–Crippen LogP) is 0.640. The number of aryl methyl sites for hydroxylation is 1. The third-order valence-corrected chi connectivity index (χ3v) is 7.07. The predicted molar refractivity (Wildman–Crippen MR) is 107 cm³/mol. The zero-order chi connectivity index (χ0) is 21.3. The Hall–Kier alpha value is -2.51. The normalized spacial score (nSPS) is 13.3. The number of rotatable bonds is 7. The van der Waals surface area contributed by atoms with E-state index >= 15 is 0 Å². The smallest absolute Gasteiger partial charge is 0.329 e. The molecule has 0 fully saturated rings. The van der Waals surface area contributed by atoms with Gasteiger partial charge >= 0.3 is 5.69 Å². The maximum absolute atomic E-state index is 12.9. The van der Waals surface area contributed by atoms with Gasteiger partial charge in [-0.05, 0) is 18.7 Å². The Bertz CT molecular complexity index is 1260. The summed E-state index contributed by atoms with van der Waals surface area (Å²) in [6.45, 7) is 3.82. The van der Waals surface area contributed by atoms with Crippen LogP contribution in [0.25, 0.3) is 11.0 Å². The molecule has 0 spiro atoms. The first-order valence-electron chi connectivity index (χ1n) is 8.64. The van der Waals surface area contributed by atoms with E-state index in [4.69, 9.17) is 4.52 Å². The average molecular weight is 441 g/mol. The van der Waals surface area contributed by atoms with Crippen LogP contribution in [0, 0.1) is 0 Å². The summed E-state index contributed by atoms with van der Waals surface area (Å²) in [5.41, 5.74) is -1.26. The molecule has 0 aliphatic heterocycles. The van der Waals surface area contributed by atoms with Crippen LogP contribution < -0.4 is 11.2 Å². The summed E-state index contributed by atoms with van der Waals surface area (Å²) in [5, 5.41) is 3.92. The lowest BCUT2D eigenvalue weighted by Gasteiger charge is -2.15. The number of pyridine rings is 1. The standard InChI is InChI=1S/C16H20N6O5S2/c1-5-28-9(2)13-18-12(27-20-13)8-21(3)29(25,26)10-6-11-14(17-7-10)22(4)16(24)19-15(11)23/h6-7,9H,5,8H2,1-4H3,(H,19,23,24). The fourth-order valence-corrected chi connectivity index (χ4v) is 4.47. The van der Waals surface area contributed by atoms with Gasteiger partial charge in [-0.1, -0.05) is 12.1 Å². The summed E-state index contributed by atoms with van der Waals surface area (Å²) in [5.74, 6) is 1.54. The quantitative estimate of drug-likeness (QED) is 0.559. The highest BCUT2D eigenvalue weighted by Gasteiger charge is 2.25. The summed E-state index contributed by atoms with van der Waals surface area (Å²) in [4.78, 5) is 33.9. The molecule has 1 unspecified atom stereocenters. The maximum atomic E-state index is 12.9. The van der Waals surface area contributed by atoms with Crippen molar-refractivity contribution < 1.29 is 12.9 Å². The second-order valence-corrected chi connectivity index (χ2v) is 9.93. The molecule has 3 aromatic heterocycles. The van der Waals surface area contributed by atoms with Gasteiger partial charge in [-0.25, -0.2) is 18.2 Å². The van der Waals surface area contributed by atoms with Gasteiger partial charge in [0.1, 0.15) is 10.5 Å².